The first kappa shape index (κ1) is 74.1. The number of nitrogens with zero attached hydrogens (tertiary/aromatic N) is 6. The number of rotatable bonds is 17. The van der Waals surface area contributed by atoms with Crippen LogP contribution in [0.5, 0.6) is 0 Å². The van der Waals surface area contributed by atoms with Gasteiger partial charge in [-0.05, 0) is 273 Å². The molecule has 0 spiro atoms. The minimum absolute atomic E-state index is 0.839. The normalized spacial score (nSPS) is 11.7. The predicted molar refractivity (Wildman–Crippen MR) is 539 cm³/mol. The highest BCUT2D eigenvalue weighted by Crippen LogP contribution is 2.49. The van der Waals surface area contributed by atoms with E-state index in [0.717, 1.165) is 149 Å². The Morgan fingerprint density at radius 2 is 0.532 bits per heavy atom. The summed E-state index contributed by atoms with van der Waals surface area (Å²) in [6.07, 6.45) is 3.94. The van der Waals surface area contributed by atoms with Gasteiger partial charge in [-0.25, -0.2) is 15.0 Å². The average Bonchev–Trinajstić information content (AvgIpc) is 1.32. The van der Waals surface area contributed by atoms with Crippen molar-refractivity contribution >= 4 is 179 Å². The molecule has 126 heavy (non-hydrogen) atoms. The number of hydrogen-bond acceptors (Lipinski definition) is 9. The van der Waals surface area contributed by atoms with E-state index in [4.69, 9.17) is 15.0 Å². The molecule has 24 rings (SSSR count). The molecule has 0 atom stereocenters. The van der Waals surface area contributed by atoms with Gasteiger partial charge in [-0.3, -0.25) is 9.80 Å². The lowest BCUT2D eigenvalue weighted by Crippen LogP contribution is -2.11. The molecular formula is C117H74N6S3. The van der Waals surface area contributed by atoms with Gasteiger partial charge >= 0.3 is 0 Å². The van der Waals surface area contributed by atoms with Gasteiger partial charge < -0.3 is 4.90 Å². The van der Waals surface area contributed by atoms with Crippen LogP contribution in [0.4, 0.5) is 51.4 Å². The van der Waals surface area contributed by atoms with Crippen LogP contribution in [0.2, 0.25) is 0 Å². The molecule has 0 bridgehead atoms. The first-order valence-electron chi connectivity index (χ1n) is 42.5. The standard InChI is InChI=1S/C117H74N6S3/c1-5-20-75(21-6-1)80-43-49-91(50-44-80)121(96-57-60-103-104-32-19-63-118-116(104)126-112(103)72-96)94-55-58-99-89(67-94)64-87(76-22-7-2-8-23-76)69-106(99)84-39-35-78(36-40-84)81-45-51-92(52-46-81)122(114-62-61-105-101-30-15-18-34-111(101)125-117(105)120-114)95-56-59-100-90(68-95)65-88(77-24-9-3-10-25-77)70-107(100)85-41-37-79(38-42-85)82-47-53-93(54-48-82)123(115-73-113-109(74-119-115)102-31-16-17-33-110(102)124-113)97-66-86-28-13-14-29-98(86)108(71-97)83-26-11-4-12-27-83/h1-74H. The fraction of sp³-hybridized carbons (Fsp3) is 0. The van der Waals surface area contributed by atoms with Crippen molar-refractivity contribution in [2.75, 3.05) is 14.7 Å². The summed E-state index contributed by atoms with van der Waals surface area (Å²) in [6.45, 7) is 0. The highest BCUT2D eigenvalue weighted by Gasteiger charge is 2.25. The number of anilines is 9. The van der Waals surface area contributed by atoms with Crippen LogP contribution in [0, 0.1) is 0 Å². The largest absolute Gasteiger partial charge is 0.310 e. The SMILES string of the molecule is c1ccc(-c2ccc(N(c3ccc4c(-c5ccc(-c6ccc(N(c7ccc8c(-c9ccc(-c%10ccc(N(c%11cc(-c%12ccccc%12)c%12ccccc%12c%11)c%11cc%12sc%13ccccc%13c%12cn%11)cc%10)cc9)cc(-c9ccccc9)cc8c7)c7ccc8c(n7)sc7ccccc78)cc6)cc5)cc(-c5ccccc5)cc4c3)c3ccc4c(c3)sc3ncccc34)cc2)cc1. The van der Waals surface area contributed by atoms with Crippen LogP contribution in [0.3, 0.4) is 0 Å². The highest BCUT2D eigenvalue weighted by molar-refractivity contribution is 7.26. The van der Waals surface area contributed by atoms with Gasteiger partial charge in [-0.2, -0.15) is 0 Å². The second-order valence-electron chi connectivity index (χ2n) is 32.2. The lowest BCUT2D eigenvalue weighted by Gasteiger charge is -2.26. The summed E-state index contributed by atoms with van der Waals surface area (Å²) in [4.78, 5) is 24.7. The summed E-state index contributed by atoms with van der Waals surface area (Å²) in [7, 11) is 0. The number of hydrogen-bond donors (Lipinski definition) is 0. The molecule has 0 amide bonds. The maximum Gasteiger partial charge on any atom is 0.139 e. The molecule has 24 aromatic rings. The van der Waals surface area contributed by atoms with Crippen molar-refractivity contribution in [2.45, 2.75) is 0 Å². The van der Waals surface area contributed by atoms with Crippen LogP contribution in [0.15, 0.2) is 449 Å². The smallest absolute Gasteiger partial charge is 0.139 e. The minimum Gasteiger partial charge on any atom is -0.310 e. The van der Waals surface area contributed by atoms with Gasteiger partial charge in [0.2, 0.25) is 0 Å². The monoisotopic (exact) mass is 1660 g/mol. The van der Waals surface area contributed by atoms with E-state index in [1.807, 2.05) is 23.6 Å². The van der Waals surface area contributed by atoms with Crippen molar-refractivity contribution in [3.05, 3.63) is 449 Å². The van der Waals surface area contributed by atoms with Crippen molar-refractivity contribution in [1.82, 2.24) is 15.0 Å². The first-order valence-corrected chi connectivity index (χ1v) is 45.0. The maximum absolute atomic E-state index is 5.56. The molecule has 0 N–H and O–H groups in total. The zero-order chi connectivity index (χ0) is 83.1. The van der Waals surface area contributed by atoms with E-state index in [-0.39, 0.29) is 0 Å². The molecule has 6 heterocycles. The third kappa shape index (κ3) is 13.5. The average molecular weight is 1660 g/mol. The van der Waals surface area contributed by atoms with E-state index < -0.39 is 0 Å². The Morgan fingerprint density at radius 3 is 1.10 bits per heavy atom. The third-order valence-electron chi connectivity index (χ3n) is 24.8. The Bertz CT molecular complexity index is 8300. The van der Waals surface area contributed by atoms with Gasteiger partial charge in [0.15, 0.2) is 0 Å². The summed E-state index contributed by atoms with van der Waals surface area (Å²) in [5, 5.41) is 14.1. The van der Waals surface area contributed by atoms with Crippen molar-refractivity contribution in [2.24, 2.45) is 0 Å². The van der Waals surface area contributed by atoms with E-state index in [0.29, 0.717) is 0 Å². The molecule has 18 aromatic carbocycles. The van der Waals surface area contributed by atoms with Gasteiger partial charge in [0.05, 0.1) is 0 Å². The van der Waals surface area contributed by atoms with Crippen LogP contribution in [-0.4, -0.2) is 15.0 Å². The Balaban J connectivity index is 0.567. The van der Waals surface area contributed by atoms with Gasteiger partial charge in [0.25, 0.3) is 0 Å². The molecule has 0 aliphatic carbocycles. The number of benzene rings is 18. The molecule has 0 unspecified atom stereocenters. The summed E-state index contributed by atoms with van der Waals surface area (Å²) in [6, 6.07) is 160. The van der Waals surface area contributed by atoms with E-state index in [1.54, 1.807) is 22.7 Å². The summed E-state index contributed by atoms with van der Waals surface area (Å²) >= 11 is 5.29. The van der Waals surface area contributed by atoms with E-state index >= 15 is 0 Å². The summed E-state index contributed by atoms with van der Waals surface area (Å²) < 4.78 is 4.87. The Morgan fingerprint density at radius 1 is 0.175 bits per heavy atom. The van der Waals surface area contributed by atoms with Gasteiger partial charge in [0, 0.05) is 103 Å². The topological polar surface area (TPSA) is 48.4 Å². The van der Waals surface area contributed by atoms with Crippen molar-refractivity contribution in [3.8, 4) is 89.0 Å². The fourth-order valence-corrected chi connectivity index (χ4v) is 21.8. The molecule has 6 nitrogen and oxygen atoms in total. The number of thiophene rings is 3. The van der Waals surface area contributed by atoms with Gasteiger partial charge in [-0.1, -0.05) is 285 Å². The number of aromatic nitrogens is 3. The molecule has 590 valence electrons. The van der Waals surface area contributed by atoms with Crippen LogP contribution < -0.4 is 14.7 Å². The van der Waals surface area contributed by atoms with Crippen LogP contribution in [-0.2, 0) is 0 Å². The van der Waals surface area contributed by atoms with Gasteiger partial charge in [0.1, 0.15) is 21.3 Å². The molecular weight excluding hydrogens is 1590 g/mol. The molecule has 0 fully saturated rings. The summed E-state index contributed by atoms with van der Waals surface area (Å²) in [5.74, 6) is 1.70. The third-order valence-corrected chi connectivity index (χ3v) is 28.1. The lowest BCUT2D eigenvalue weighted by atomic mass is 9.91. The highest BCUT2D eigenvalue weighted by atomic mass is 32.1. The van der Waals surface area contributed by atoms with Crippen molar-refractivity contribution in [1.29, 1.82) is 0 Å². The zero-order valence-corrected chi connectivity index (χ0v) is 70.6. The van der Waals surface area contributed by atoms with E-state index in [2.05, 4.69) is 452 Å². The Kier molecular flexibility index (Phi) is 18.4. The Labute approximate surface area is 740 Å². The molecule has 0 aliphatic rings. The second-order valence-corrected chi connectivity index (χ2v) is 35.4. The zero-order valence-electron chi connectivity index (χ0n) is 68.1. The molecule has 0 aliphatic heterocycles. The molecule has 0 saturated heterocycles. The lowest BCUT2D eigenvalue weighted by molar-refractivity contribution is 1.20. The molecule has 9 heteroatoms. The molecule has 0 saturated carbocycles. The molecule has 6 aromatic heterocycles. The molecule has 0 radical (unpaired) electrons. The summed E-state index contributed by atoms with van der Waals surface area (Å²) in [5.41, 5.74) is 25.7. The van der Waals surface area contributed by atoms with E-state index in [9.17, 15) is 0 Å². The maximum atomic E-state index is 5.56. The number of fused-ring (bicyclic) bond motifs is 12. The van der Waals surface area contributed by atoms with Gasteiger partial charge in [-0.15, -0.1) is 34.0 Å². The quantitative estimate of drug-likeness (QED) is 0.0905. The first-order chi connectivity index (χ1) is 62.4. The predicted octanol–water partition coefficient (Wildman–Crippen LogP) is 34.2. The van der Waals surface area contributed by atoms with Crippen molar-refractivity contribution < 1.29 is 0 Å². The van der Waals surface area contributed by atoms with Crippen LogP contribution in [0.25, 0.3) is 182 Å². The minimum atomic E-state index is 0.839. The van der Waals surface area contributed by atoms with Crippen LogP contribution in [0.1, 0.15) is 0 Å². The fourth-order valence-electron chi connectivity index (χ4n) is 18.5. The van der Waals surface area contributed by atoms with Crippen molar-refractivity contribution in [3.63, 3.8) is 0 Å². The Hall–Kier alpha value is -15.8. The van der Waals surface area contributed by atoms with Crippen LogP contribution >= 0.6 is 34.0 Å². The van der Waals surface area contributed by atoms with E-state index in [1.165, 1.54) is 84.3 Å². The number of pyridine rings is 3. The second kappa shape index (κ2) is 31.3.